The van der Waals surface area contributed by atoms with Crippen LogP contribution in [0.1, 0.15) is 87.2 Å². The fourth-order valence-electron chi connectivity index (χ4n) is 10.00. The molecule has 0 bridgehead atoms. The van der Waals surface area contributed by atoms with Crippen molar-refractivity contribution in [2.24, 2.45) is 0 Å². The molecule has 5 aromatic carbocycles. The minimum absolute atomic E-state index is 0.690. The van der Waals surface area contributed by atoms with Gasteiger partial charge in [-0.05, 0) is 85.0 Å². The normalized spacial score (nSPS) is 17.8. The van der Waals surface area contributed by atoms with E-state index in [0.717, 1.165) is 0 Å². The molecule has 0 atom stereocenters. The summed E-state index contributed by atoms with van der Waals surface area (Å²) in [6.07, 6.45) is 13.6. The molecule has 0 unspecified atom stereocenters. The highest BCUT2D eigenvalue weighted by Crippen LogP contribution is 2.52. The highest BCUT2D eigenvalue weighted by molar-refractivity contribution is 6.45. The molecular formula is C42H36N2. The SMILES string of the molecule is c1ccc2c(c1)c1c3c4cc(C5CCCCC5)ccc4n4c5ccccc5c(c5c6cc(C7CCCCC7)ccc6n2c15)c34. The molecule has 0 amide bonds. The van der Waals surface area contributed by atoms with Crippen molar-refractivity contribution < 1.29 is 0 Å². The molecule has 9 aromatic rings. The van der Waals surface area contributed by atoms with E-state index in [0.29, 0.717) is 11.8 Å². The van der Waals surface area contributed by atoms with Crippen molar-refractivity contribution in [1.29, 1.82) is 0 Å². The summed E-state index contributed by atoms with van der Waals surface area (Å²) in [7, 11) is 0. The Kier molecular flexibility index (Phi) is 4.74. The zero-order valence-corrected chi connectivity index (χ0v) is 25.2. The van der Waals surface area contributed by atoms with Gasteiger partial charge in [-0.2, -0.15) is 0 Å². The van der Waals surface area contributed by atoms with E-state index < -0.39 is 0 Å². The van der Waals surface area contributed by atoms with Gasteiger partial charge in [0.05, 0.1) is 33.1 Å². The minimum Gasteiger partial charge on any atom is -0.308 e. The first-order valence-corrected chi connectivity index (χ1v) is 17.2. The fraction of sp³-hybridized carbons (Fsp3) is 0.286. The van der Waals surface area contributed by atoms with Gasteiger partial charge in [0.15, 0.2) is 0 Å². The summed E-state index contributed by atoms with van der Waals surface area (Å²) in [5.74, 6) is 1.38. The summed E-state index contributed by atoms with van der Waals surface area (Å²) in [6, 6.07) is 33.4. The first-order valence-electron chi connectivity index (χ1n) is 17.2. The Morgan fingerprint density at radius 2 is 0.773 bits per heavy atom. The molecule has 214 valence electrons. The molecule has 44 heavy (non-hydrogen) atoms. The lowest BCUT2D eigenvalue weighted by atomic mass is 9.83. The van der Waals surface area contributed by atoms with Crippen molar-refractivity contribution in [2.75, 3.05) is 0 Å². The molecule has 0 spiro atoms. The van der Waals surface area contributed by atoms with E-state index in [4.69, 9.17) is 0 Å². The predicted molar refractivity (Wildman–Crippen MR) is 187 cm³/mol. The van der Waals surface area contributed by atoms with E-state index in [2.05, 4.69) is 93.7 Å². The highest BCUT2D eigenvalue weighted by atomic mass is 14.9. The third-order valence-corrected chi connectivity index (χ3v) is 11.9. The van der Waals surface area contributed by atoms with Crippen molar-refractivity contribution in [1.82, 2.24) is 8.80 Å². The quantitative estimate of drug-likeness (QED) is 0.196. The highest BCUT2D eigenvalue weighted by Gasteiger charge is 2.29. The maximum Gasteiger partial charge on any atom is 0.0634 e. The topological polar surface area (TPSA) is 8.82 Å². The van der Waals surface area contributed by atoms with Crippen LogP contribution in [0.15, 0.2) is 84.9 Å². The van der Waals surface area contributed by atoms with Gasteiger partial charge in [0.25, 0.3) is 0 Å². The second-order valence-corrected chi connectivity index (χ2v) is 14.1. The zero-order valence-electron chi connectivity index (χ0n) is 25.2. The average Bonchev–Trinajstić information content (AvgIpc) is 3.81. The van der Waals surface area contributed by atoms with Crippen LogP contribution >= 0.6 is 0 Å². The fourth-order valence-corrected chi connectivity index (χ4v) is 10.00. The number of fused-ring (bicyclic) bond motifs is 14. The van der Waals surface area contributed by atoms with Crippen molar-refractivity contribution in [3.8, 4) is 0 Å². The average molecular weight is 569 g/mol. The van der Waals surface area contributed by atoms with Crippen molar-refractivity contribution >= 4 is 76.2 Å². The van der Waals surface area contributed by atoms with Crippen LogP contribution in [0.3, 0.4) is 0 Å². The number of para-hydroxylation sites is 2. The Morgan fingerprint density at radius 1 is 0.386 bits per heavy atom. The van der Waals surface area contributed by atoms with E-state index in [1.54, 1.807) is 11.1 Å². The number of aromatic nitrogens is 2. The van der Waals surface area contributed by atoms with Gasteiger partial charge >= 0.3 is 0 Å². The third kappa shape index (κ3) is 2.93. The Balaban J connectivity index is 1.38. The van der Waals surface area contributed by atoms with Crippen LogP contribution in [0.5, 0.6) is 0 Å². The van der Waals surface area contributed by atoms with Gasteiger partial charge in [0, 0.05) is 43.1 Å². The number of nitrogens with zero attached hydrogens (tertiary/aromatic N) is 2. The lowest BCUT2D eigenvalue weighted by Gasteiger charge is -2.22. The van der Waals surface area contributed by atoms with Gasteiger partial charge in [0.2, 0.25) is 0 Å². The number of hydrogen-bond donors (Lipinski definition) is 0. The summed E-state index contributed by atoms with van der Waals surface area (Å²) in [4.78, 5) is 0. The van der Waals surface area contributed by atoms with E-state index in [1.807, 2.05) is 0 Å². The maximum absolute atomic E-state index is 2.62. The molecule has 0 aliphatic heterocycles. The molecule has 11 rings (SSSR count). The van der Waals surface area contributed by atoms with E-state index in [1.165, 1.54) is 140 Å². The molecule has 2 fully saturated rings. The molecule has 2 nitrogen and oxygen atoms in total. The Hall–Kier alpha value is -4.30. The first-order chi connectivity index (χ1) is 21.9. The number of hydrogen-bond acceptors (Lipinski definition) is 0. The molecule has 0 radical (unpaired) electrons. The van der Waals surface area contributed by atoms with Crippen LogP contribution in [0, 0.1) is 0 Å². The summed E-state index contributed by atoms with van der Waals surface area (Å²) >= 11 is 0. The lowest BCUT2D eigenvalue weighted by Crippen LogP contribution is -2.04. The van der Waals surface area contributed by atoms with E-state index in [9.17, 15) is 0 Å². The molecule has 0 saturated heterocycles. The van der Waals surface area contributed by atoms with Gasteiger partial charge in [-0.3, -0.25) is 0 Å². The van der Waals surface area contributed by atoms with Crippen LogP contribution < -0.4 is 0 Å². The maximum atomic E-state index is 2.62. The van der Waals surface area contributed by atoms with Gasteiger partial charge < -0.3 is 8.80 Å². The Labute approximate surface area is 256 Å². The van der Waals surface area contributed by atoms with Crippen LogP contribution in [0.4, 0.5) is 0 Å². The lowest BCUT2D eigenvalue weighted by molar-refractivity contribution is 0.444. The molecule has 2 aliphatic carbocycles. The summed E-state index contributed by atoms with van der Waals surface area (Å²) in [5, 5.41) is 11.4. The third-order valence-electron chi connectivity index (χ3n) is 11.9. The van der Waals surface area contributed by atoms with Gasteiger partial charge in [0.1, 0.15) is 0 Å². The minimum atomic E-state index is 0.690. The summed E-state index contributed by atoms with van der Waals surface area (Å²) < 4.78 is 5.23. The molecular weight excluding hydrogens is 532 g/mol. The Morgan fingerprint density at radius 3 is 1.23 bits per heavy atom. The van der Waals surface area contributed by atoms with Crippen LogP contribution in [-0.2, 0) is 0 Å². The van der Waals surface area contributed by atoms with Gasteiger partial charge in [-0.1, -0.05) is 87.1 Å². The van der Waals surface area contributed by atoms with E-state index in [-0.39, 0.29) is 0 Å². The first kappa shape index (κ1) is 24.1. The predicted octanol–water partition coefficient (Wildman–Crippen LogP) is 12.1. The van der Waals surface area contributed by atoms with Crippen molar-refractivity contribution in [3.63, 3.8) is 0 Å². The molecule has 4 heterocycles. The van der Waals surface area contributed by atoms with Crippen molar-refractivity contribution in [2.45, 2.75) is 76.0 Å². The molecule has 2 aliphatic rings. The van der Waals surface area contributed by atoms with Crippen LogP contribution in [-0.4, -0.2) is 8.80 Å². The number of benzene rings is 5. The zero-order chi connectivity index (χ0) is 28.5. The number of rotatable bonds is 2. The molecule has 2 saturated carbocycles. The monoisotopic (exact) mass is 568 g/mol. The second-order valence-electron chi connectivity index (χ2n) is 14.1. The molecule has 2 heteroatoms. The second kappa shape index (κ2) is 8.66. The smallest absolute Gasteiger partial charge is 0.0634 e. The van der Waals surface area contributed by atoms with Gasteiger partial charge in [-0.25, -0.2) is 0 Å². The summed E-state index contributed by atoms with van der Waals surface area (Å²) in [6.45, 7) is 0. The Bertz CT molecular complexity index is 2380. The van der Waals surface area contributed by atoms with Crippen LogP contribution in [0.2, 0.25) is 0 Å². The summed E-state index contributed by atoms with van der Waals surface area (Å²) in [5.41, 5.74) is 11.3. The molecule has 4 aromatic heterocycles. The van der Waals surface area contributed by atoms with Crippen LogP contribution in [0.25, 0.3) is 76.2 Å². The van der Waals surface area contributed by atoms with E-state index >= 15 is 0 Å². The van der Waals surface area contributed by atoms with Crippen molar-refractivity contribution in [3.05, 3.63) is 96.1 Å². The van der Waals surface area contributed by atoms with Gasteiger partial charge in [-0.15, -0.1) is 0 Å². The molecule has 0 N–H and O–H groups in total. The standard InChI is InChI=1S/C42H36N2/c1-3-11-25(12-4-1)27-19-21-35-31(23-27)39-37-29-15-7-10-18-34(29)44-36-22-20-28(26-13-5-2-6-14-26)24-32(36)40(42(37)44)38-30-16-8-9-17-33(30)43(35)41(38)39/h7-10,15-26H,1-6,11-14H2. The largest absolute Gasteiger partial charge is 0.308 e.